The van der Waals surface area contributed by atoms with Crippen LogP contribution < -0.4 is 10.6 Å². The number of thiazole rings is 1. The van der Waals surface area contributed by atoms with Gasteiger partial charge in [-0.1, -0.05) is 42.5 Å². The molecule has 4 nitrogen and oxygen atoms in total. The van der Waals surface area contributed by atoms with Crippen molar-refractivity contribution < 1.29 is 4.79 Å². The average Bonchev–Trinajstić information content (AvgIpc) is 3.38. The van der Waals surface area contributed by atoms with Gasteiger partial charge in [-0.15, -0.1) is 11.3 Å². The molecule has 1 aromatic heterocycles. The SMILES string of the molecule is Cc1nc(-c2ccc(N[C@H](C(=O)NC3CC3)c3ccccc3)cc2)cs1. The predicted molar refractivity (Wildman–Crippen MR) is 106 cm³/mol. The lowest BCUT2D eigenvalue weighted by Gasteiger charge is -2.20. The van der Waals surface area contributed by atoms with Crippen LogP contribution in [0.25, 0.3) is 11.3 Å². The van der Waals surface area contributed by atoms with E-state index >= 15 is 0 Å². The van der Waals surface area contributed by atoms with E-state index in [0.29, 0.717) is 6.04 Å². The van der Waals surface area contributed by atoms with Crippen LogP contribution in [-0.2, 0) is 4.79 Å². The monoisotopic (exact) mass is 363 g/mol. The smallest absolute Gasteiger partial charge is 0.247 e. The molecule has 1 atom stereocenters. The molecule has 0 bridgehead atoms. The molecule has 1 aliphatic carbocycles. The Morgan fingerprint density at radius 2 is 1.85 bits per heavy atom. The van der Waals surface area contributed by atoms with Crippen molar-refractivity contribution in [2.75, 3.05) is 5.32 Å². The number of carbonyl (C=O) groups excluding carboxylic acids is 1. The summed E-state index contributed by atoms with van der Waals surface area (Å²) in [6, 6.07) is 17.9. The Bertz CT molecular complexity index is 885. The van der Waals surface area contributed by atoms with Crippen LogP contribution in [0.1, 0.15) is 29.5 Å². The highest BCUT2D eigenvalue weighted by molar-refractivity contribution is 7.09. The quantitative estimate of drug-likeness (QED) is 0.675. The van der Waals surface area contributed by atoms with E-state index in [9.17, 15) is 4.79 Å². The molecule has 1 saturated carbocycles. The number of aromatic nitrogens is 1. The highest BCUT2D eigenvalue weighted by Gasteiger charge is 2.28. The zero-order valence-corrected chi connectivity index (χ0v) is 15.4. The third-order valence-corrected chi connectivity index (χ3v) is 5.20. The summed E-state index contributed by atoms with van der Waals surface area (Å²) in [7, 11) is 0. The van der Waals surface area contributed by atoms with Gasteiger partial charge in [0.2, 0.25) is 5.91 Å². The first-order valence-corrected chi connectivity index (χ1v) is 9.71. The highest BCUT2D eigenvalue weighted by atomic mass is 32.1. The van der Waals surface area contributed by atoms with E-state index in [-0.39, 0.29) is 5.91 Å². The molecule has 1 aliphatic rings. The molecule has 1 amide bonds. The molecular weight excluding hydrogens is 342 g/mol. The van der Waals surface area contributed by atoms with Gasteiger partial charge >= 0.3 is 0 Å². The topological polar surface area (TPSA) is 54.0 Å². The van der Waals surface area contributed by atoms with Crippen molar-refractivity contribution in [2.24, 2.45) is 0 Å². The second kappa shape index (κ2) is 7.30. The van der Waals surface area contributed by atoms with Gasteiger partial charge in [-0.05, 0) is 37.5 Å². The normalized spacial score (nSPS) is 14.7. The van der Waals surface area contributed by atoms with E-state index in [2.05, 4.69) is 21.0 Å². The van der Waals surface area contributed by atoms with Gasteiger partial charge in [-0.25, -0.2) is 4.98 Å². The summed E-state index contributed by atoms with van der Waals surface area (Å²) in [4.78, 5) is 17.2. The molecular formula is C21H21N3OS. The molecule has 26 heavy (non-hydrogen) atoms. The maximum Gasteiger partial charge on any atom is 0.247 e. The minimum absolute atomic E-state index is 0.0258. The van der Waals surface area contributed by atoms with Crippen LogP contribution >= 0.6 is 11.3 Å². The van der Waals surface area contributed by atoms with Gasteiger partial charge in [0.25, 0.3) is 0 Å². The molecule has 132 valence electrons. The number of nitrogens with zero attached hydrogens (tertiary/aromatic N) is 1. The van der Waals surface area contributed by atoms with Gasteiger partial charge in [0.1, 0.15) is 6.04 Å². The van der Waals surface area contributed by atoms with Crippen LogP contribution in [0.3, 0.4) is 0 Å². The molecule has 0 aliphatic heterocycles. The molecule has 5 heteroatoms. The predicted octanol–water partition coefficient (Wildman–Crippen LogP) is 4.55. The first-order chi connectivity index (χ1) is 12.7. The van der Waals surface area contributed by atoms with Crippen LogP contribution in [0, 0.1) is 6.92 Å². The number of hydrogen-bond acceptors (Lipinski definition) is 4. The van der Waals surface area contributed by atoms with E-state index < -0.39 is 6.04 Å². The van der Waals surface area contributed by atoms with E-state index in [0.717, 1.165) is 40.4 Å². The van der Waals surface area contributed by atoms with Gasteiger partial charge in [-0.2, -0.15) is 0 Å². The van der Waals surface area contributed by atoms with Crippen LogP contribution in [0.4, 0.5) is 5.69 Å². The van der Waals surface area contributed by atoms with Gasteiger partial charge in [-0.3, -0.25) is 4.79 Å². The molecule has 1 fully saturated rings. The summed E-state index contributed by atoms with van der Waals surface area (Å²) in [5, 5.41) is 9.61. The molecule has 0 spiro atoms. The third kappa shape index (κ3) is 3.94. The Kier molecular flexibility index (Phi) is 4.71. The van der Waals surface area contributed by atoms with Crippen LogP contribution in [0.5, 0.6) is 0 Å². The fourth-order valence-electron chi connectivity index (χ4n) is 2.86. The van der Waals surface area contributed by atoms with E-state index in [4.69, 9.17) is 0 Å². The minimum Gasteiger partial charge on any atom is -0.370 e. The summed E-state index contributed by atoms with van der Waals surface area (Å²) in [5.74, 6) is 0.0258. The summed E-state index contributed by atoms with van der Waals surface area (Å²) < 4.78 is 0. The molecule has 3 aromatic rings. The van der Waals surface area contributed by atoms with Gasteiger partial charge in [0.05, 0.1) is 10.7 Å². The molecule has 0 unspecified atom stereocenters. The Labute approximate surface area is 157 Å². The first-order valence-electron chi connectivity index (χ1n) is 8.83. The summed E-state index contributed by atoms with van der Waals surface area (Å²) >= 11 is 1.65. The number of nitrogens with one attached hydrogen (secondary N) is 2. The summed E-state index contributed by atoms with van der Waals surface area (Å²) in [6.45, 7) is 2.01. The zero-order valence-electron chi connectivity index (χ0n) is 14.6. The van der Waals surface area contributed by atoms with Crippen molar-refractivity contribution in [1.82, 2.24) is 10.3 Å². The van der Waals surface area contributed by atoms with Gasteiger partial charge < -0.3 is 10.6 Å². The molecule has 4 rings (SSSR count). The highest BCUT2D eigenvalue weighted by Crippen LogP contribution is 2.26. The molecule has 0 saturated heterocycles. The van der Waals surface area contributed by atoms with Crippen LogP contribution in [0.15, 0.2) is 60.0 Å². The van der Waals surface area contributed by atoms with Crippen molar-refractivity contribution in [3.05, 3.63) is 70.5 Å². The summed E-state index contributed by atoms with van der Waals surface area (Å²) in [6.07, 6.45) is 2.16. The summed E-state index contributed by atoms with van der Waals surface area (Å²) in [5.41, 5.74) is 3.95. The van der Waals surface area contributed by atoms with Crippen molar-refractivity contribution in [1.29, 1.82) is 0 Å². The largest absolute Gasteiger partial charge is 0.370 e. The number of amides is 1. The lowest BCUT2D eigenvalue weighted by atomic mass is 10.1. The van der Waals surface area contributed by atoms with Crippen LogP contribution in [0.2, 0.25) is 0 Å². The molecule has 1 heterocycles. The Morgan fingerprint density at radius 1 is 1.12 bits per heavy atom. The number of carbonyl (C=O) groups is 1. The average molecular weight is 363 g/mol. The van der Waals surface area contributed by atoms with E-state index in [1.807, 2.05) is 61.5 Å². The number of anilines is 1. The number of rotatable bonds is 6. The van der Waals surface area contributed by atoms with Gasteiger partial charge in [0.15, 0.2) is 0 Å². The Balaban J connectivity index is 1.54. The van der Waals surface area contributed by atoms with Crippen molar-refractivity contribution >= 4 is 22.9 Å². The minimum atomic E-state index is -0.399. The van der Waals surface area contributed by atoms with E-state index in [1.165, 1.54) is 0 Å². The maximum absolute atomic E-state index is 12.7. The van der Waals surface area contributed by atoms with Crippen molar-refractivity contribution in [3.63, 3.8) is 0 Å². The molecule has 0 radical (unpaired) electrons. The van der Waals surface area contributed by atoms with Crippen molar-refractivity contribution in [2.45, 2.75) is 31.8 Å². The molecule has 2 aromatic carbocycles. The number of benzene rings is 2. The fourth-order valence-corrected chi connectivity index (χ4v) is 3.48. The second-order valence-corrected chi connectivity index (χ2v) is 7.66. The first kappa shape index (κ1) is 16.8. The van der Waals surface area contributed by atoms with Crippen molar-refractivity contribution in [3.8, 4) is 11.3 Å². The number of hydrogen-bond donors (Lipinski definition) is 2. The fraction of sp³-hybridized carbons (Fsp3) is 0.238. The standard InChI is InChI=1S/C21H21N3OS/c1-14-22-19(13-26-14)15-7-9-17(10-8-15)23-20(16-5-3-2-4-6-16)21(25)24-18-11-12-18/h2-10,13,18,20,23H,11-12H2,1H3,(H,24,25)/t20-/m0/s1. The Morgan fingerprint density at radius 3 is 2.46 bits per heavy atom. The lowest BCUT2D eigenvalue weighted by molar-refractivity contribution is -0.122. The second-order valence-electron chi connectivity index (χ2n) is 6.60. The lowest BCUT2D eigenvalue weighted by Crippen LogP contribution is -2.34. The number of aryl methyl sites for hydroxylation is 1. The Hall–Kier alpha value is -2.66. The zero-order chi connectivity index (χ0) is 17.9. The maximum atomic E-state index is 12.7. The molecule has 2 N–H and O–H groups in total. The van der Waals surface area contributed by atoms with Crippen LogP contribution in [-0.4, -0.2) is 16.9 Å². The van der Waals surface area contributed by atoms with Gasteiger partial charge in [0, 0.05) is 22.7 Å². The third-order valence-electron chi connectivity index (χ3n) is 4.43. The van der Waals surface area contributed by atoms with E-state index in [1.54, 1.807) is 11.3 Å².